The number of benzene rings is 1. The lowest BCUT2D eigenvalue weighted by Crippen LogP contribution is -2.34. The van der Waals surface area contributed by atoms with Gasteiger partial charge in [-0.1, -0.05) is 0 Å². The van der Waals surface area contributed by atoms with E-state index in [1.807, 2.05) is 0 Å². The first-order valence-corrected chi connectivity index (χ1v) is 6.87. The van der Waals surface area contributed by atoms with Crippen molar-refractivity contribution in [2.24, 2.45) is 5.92 Å². The summed E-state index contributed by atoms with van der Waals surface area (Å²) >= 11 is 0. The zero-order chi connectivity index (χ0) is 14.5. The quantitative estimate of drug-likeness (QED) is 0.664. The van der Waals surface area contributed by atoms with Gasteiger partial charge in [-0.3, -0.25) is 10.1 Å². The molecule has 0 aliphatic carbocycles. The number of nitro groups is 1. The first-order valence-electron chi connectivity index (χ1n) is 6.87. The fraction of sp³-hybridized carbons (Fsp3) is 0.571. The molecule has 1 aliphatic rings. The highest BCUT2D eigenvalue weighted by Crippen LogP contribution is 2.17. The Kier molecular flexibility index (Phi) is 5.03. The molecule has 110 valence electrons. The van der Waals surface area contributed by atoms with E-state index in [0.717, 1.165) is 38.5 Å². The van der Waals surface area contributed by atoms with Crippen LogP contribution in [0.25, 0.3) is 0 Å². The van der Waals surface area contributed by atoms with Gasteiger partial charge in [-0.15, -0.1) is 0 Å². The molecule has 2 rings (SSSR count). The molecule has 0 aromatic heterocycles. The summed E-state index contributed by atoms with van der Waals surface area (Å²) in [6, 6.07) is 3.71. The minimum atomic E-state index is -0.566. The van der Waals surface area contributed by atoms with Crippen LogP contribution in [0.3, 0.4) is 0 Å². The Bertz CT molecular complexity index is 473. The summed E-state index contributed by atoms with van der Waals surface area (Å²) in [6.07, 6.45) is 2.32. The average Bonchev–Trinajstić information content (AvgIpc) is 2.40. The van der Waals surface area contributed by atoms with Gasteiger partial charge in [-0.05, 0) is 57.1 Å². The van der Waals surface area contributed by atoms with Crippen molar-refractivity contribution in [2.45, 2.75) is 19.4 Å². The molecule has 1 aromatic rings. The van der Waals surface area contributed by atoms with Crippen molar-refractivity contribution in [1.29, 1.82) is 0 Å². The van der Waals surface area contributed by atoms with Gasteiger partial charge in [0.05, 0.1) is 11.0 Å². The van der Waals surface area contributed by atoms with Crippen LogP contribution in [0.4, 0.5) is 10.1 Å². The molecule has 0 saturated carbocycles. The lowest BCUT2D eigenvalue weighted by atomic mass is 9.97. The summed E-state index contributed by atoms with van der Waals surface area (Å²) in [5.41, 5.74) is 0.422. The molecule has 0 bridgehead atoms. The van der Waals surface area contributed by atoms with E-state index < -0.39 is 10.7 Å². The van der Waals surface area contributed by atoms with Crippen LogP contribution in [-0.4, -0.2) is 36.5 Å². The monoisotopic (exact) mass is 281 g/mol. The minimum Gasteiger partial charge on any atom is -0.312 e. The van der Waals surface area contributed by atoms with Gasteiger partial charge in [-0.25, -0.2) is 4.39 Å². The lowest BCUT2D eigenvalue weighted by Gasteiger charge is -2.29. The van der Waals surface area contributed by atoms with Crippen molar-refractivity contribution in [3.8, 4) is 0 Å². The fourth-order valence-electron chi connectivity index (χ4n) is 2.53. The molecule has 1 fully saturated rings. The summed E-state index contributed by atoms with van der Waals surface area (Å²) in [5.74, 6) is 0.0741. The van der Waals surface area contributed by atoms with E-state index in [-0.39, 0.29) is 5.69 Å². The van der Waals surface area contributed by atoms with Crippen LogP contribution in [0, 0.1) is 21.8 Å². The van der Waals surface area contributed by atoms with E-state index in [1.54, 1.807) is 0 Å². The number of nitro benzene ring substituents is 1. The predicted octanol–water partition coefficient (Wildman–Crippen LogP) is 2.17. The van der Waals surface area contributed by atoms with Crippen molar-refractivity contribution in [2.75, 3.05) is 26.7 Å². The SMILES string of the molecule is CN1CCC(CNCc2cc(F)cc([N+](=O)[O-])c2)CC1. The van der Waals surface area contributed by atoms with Gasteiger partial charge in [-0.2, -0.15) is 0 Å². The smallest absolute Gasteiger partial charge is 0.272 e. The highest BCUT2D eigenvalue weighted by molar-refractivity contribution is 5.35. The summed E-state index contributed by atoms with van der Waals surface area (Å²) in [4.78, 5) is 12.4. The normalized spacial score (nSPS) is 17.3. The topological polar surface area (TPSA) is 58.4 Å². The Morgan fingerprint density at radius 1 is 1.40 bits per heavy atom. The van der Waals surface area contributed by atoms with Crippen molar-refractivity contribution < 1.29 is 9.31 Å². The number of rotatable bonds is 5. The van der Waals surface area contributed by atoms with Gasteiger partial charge >= 0.3 is 0 Å². The molecule has 0 unspecified atom stereocenters. The van der Waals surface area contributed by atoms with E-state index in [0.29, 0.717) is 18.0 Å². The van der Waals surface area contributed by atoms with Crippen molar-refractivity contribution in [3.63, 3.8) is 0 Å². The molecule has 1 saturated heterocycles. The van der Waals surface area contributed by atoms with E-state index in [2.05, 4.69) is 17.3 Å². The Morgan fingerprint density at radius 2 is 2.10 bits per heavy atom. The summed E-state index contributed by atoms with van der Waals surface area (Å²) in [5, 5.41) is 13.9. The first-order chi connectivity index (χ1) is 9.54. The Balaban J connectivity index is 1.83. The number of piperidine rings is 1. The molecule has 5 nitrogen and oxygen atoms in total. The number of nitrogens with zero attached hydrogens (tertiary/aromatic N) is 2. The highest BCUT2D eigenvalue weighted by atomic mass is 19.1. The molecular formula is C14H20FN3O2. The van der Waals surface area contributed by atoms with Crippen molar-refractivity contribution >= 4 is 5.69 Å². The largest absolute Gasteiger partial charge is 0.312 e. The van der Waals surface area contributed by atoms with Crippen molar-refractivity contribution in [3.05, 3.63) is 39.7 Å². The first kappa shape index (κ1) is 14.9. The summed E-state index contributed by atoms with van der Waals surface area (Å²) in [6.45, 7) is 3.55. The third-order valence-corrected chi connectivity index (χ3v) is 3.75. The molecular weight excluding hydrogens is 261 g/mol. The van der Waals surface area contributed by atoms with E-state index in [9.17, 15) is 14.5 Å². The molecule has 1 aliphatic heterocycles. The summed E-state index contributed by atoms with van der Waals surface area (Å²) in [7, 11) is 2.12. The van der Waals surface area contributed by atoms with Gasteiger partial charge in [0, 0.05) is 12.6 Å². The molecule has 6 heteroatoms. The van der Waals surface area contributed by atoms with Crippen LogP contribution in [0.1, 0.15) is 18.4 Å². The van der Waals surface area contributed by atoms with Gasteiger partial charge in [0.15, 0.2) is 0 Å². The van der Waals surface area contributed by atoms with E-state index in [1.165, 1.54) is 12.1 Å². The second kappa shape index (κ2) is 6.76. The molecule has 0 amide bonds. The average molecular weight is 281 g/mol. The second-order valence-electron chi connectivity index (χ2n) is 5.45. The Morgan fingerprint density at radius 3 is 2.75 bits per heavy atom. The number of likely N-dealkylation sites (tertiary alicyclic amines) is 1. The zero-order valence-electron chi connectivity index (χ0n) is 11.6. The lowest BCUT2D eigenvalue weighted by molar-refractivity contribution is -0.385. The zero-order valence-corrected chi connectivity index (χ0v) is 11.6. The molecule has 20 heavy (non-hydrogen) atoms. The van der Waals surface area contributed by atoms with Crippen molar-refractivity contribution in [1.82, 2.24) is 10.2 Å². The third-order valence-electron chi connectivity index (χ3n) is 3.75. The number of hydrogen-bond donors (Lipinski definition) is 1. The molecule has 1 N–H and O–H groups in total. The van der Waals surface area contributed by atoms with Gasteiger partial charge in [0.25, 0.3) is 5.69 Å². The van der Waals surface area contributed by atoms with Crippen LogP contribution in [0.2, 0.25) is 0 Å². The molecule has 1 heterocycles. The van der Waals surface area contributed by atoms with Gasteiger partial charge in [0.2, 0.25) is 0 Å². The van der Waals surface area contributed by atoms with E-state index in [4.69, 9.17) is 0 Å². The minimum absolute atomic E-state index is 0.193. The number of non-ortho nitro benzene ring substituents is 1. The second-order valence-corrected chi connectivity index (χ2v) is 5.45. The third kappa shape index (κ3) is 4.25. The fourth-order valence-corrected chi connectivity index (χ4v) is 2.53. The van der Waals surface area contributed by atoms with Gasteiger partial charge in [0.1, 0.15) is 5.82 Å². The number of hydrogen-bond acceptors (Lipinski definition) is 4. The van der Waals surface area contributed by atoms with Crippen LogP contribution in [0.15, 0.2) is 18.2 Å². The van der Waals surface area contributed by atoms with Crippen LogP contribution >= 0.6 is 0 Å². The molecule has 0 spiro atoms. The summed E-state index contributed by atoms with van der Waals surface area (Å²) < 4.78 is 13.3. The highest BCUT2D eigenvalue weighted by Gasteiger charge is 2.16. The molecule has 0 radical (unpaired) electrons. The maximum atomic E-state index is 13.3. The Labute approximate surface area is 117 Å². The maximum Gasteiger partial charge on any atom is 0.272 e. The van der Waals surface area contributed by atoms with Crippen LogP contribution < -0.4 is 5.32 Å². The van der Waals surface area contributed by atoms with Gasteiger partial charge < -0.3 is 10.2 Å². The standard InChI is InChI=1S/C14H20FN3O2/c1-17-4-2-11(3-5-17)9-16-10-12-6-13(15)8-14(7-12)18(19)20/h6-8,11,16H,2-5,9-10H2,1H3. The van der Waals surface area contributed by atoms with E-state index >= 15 is 0 Å². The predicted molar refractivity (Wildman–Crippen MR) is 75.0 cm³/mol. The number of nitrogens with one attached hydrogen (secondary N) is 1. The number of halogens is 1. The van der Waals surface area contributed by atoms with Crippen LogP contribution in [0.5, 0.6) is 0 Å². The molecule has 1 aromatic carbocycles. The van der Waals surface area contributed by atoms with Crippen LogP contribution in [-0.2, 0) is 6.54 Å². The molecule has 0 atom stereocenters. The Hall–Kier alpha value is -1.53. The maximum absolute atomic E-state index is 13.3.